The fourth-order valence-electron chi connectivity index (χ4n) is 2.30. The van der Waals surface area contributed by atoms with Crippen molar-refractivity contribution in [1.29, 1.82) is 0 Å². The lowest BCUT2D eigenvalue weighted by molar-refractivity contribution is -0.124. The minimum atomic E-state index is -1.02. The molecule has 0 aliphatic rings. The highest BCUT2D eigenvalue weighted by Gasteiger charge is 2.20. The average molecular weight is 342 g/mol. The molecule has 2 aromatic rings. The number of nitrogens with zero attached hydrogens (tertiary/aromatic N) is 2. The average Bonchev–Trinajstić information content (AvgIpc) is 2.64. The Labute approximate surface area is 146 Å². The molecule has 1 heterocycles. The van der Waals surface area contributed by atoms with Gasteiger partial charge in [0, 0.05) is 38.0 Å². The van der Waals surface area contributed by atoms with Crippen molar-refractivity contribution < 1.29 is 14.7 Å². The van der Waals surface area contributed by atoms with Gasteiger partial charge in [0.2, 0.25) is 5.91 Å². The fourth-order valence-corrected chi connectivity index (χ4v) is 2.30. The largest absolute Gasteiger partial charge is 0.394 e. The highest BCUT2D eigenvalue weighted by atomic mass is 16.3. The van der Waals surface area contributed by atoms with E-state index in [9.17, 15) is 14.7 Å². The van der Waals surface area contributed by atoms with Crippen molar-refractivity contribution in [3.8, 4) is 0 Å². The summed E-state index contributed by atoms with van der Waals surface area (Å²) in [6.07, 6.45) is 1.68. The molecule has 0 saturated carbocycles. The number of pyridine rings is 1. The molecule has 1 aromatic carbocycles. The van der Waals surface area contributed by atoms with Crippen molar-refractivity contribution in [2.45, 2.75) is 12.6 Å². The summed E-state index contributed by atoms with van der Waals surface area (Å²) >= 11 is 0. The van der Waals surface area contributed by atoms with E-state index in [1.54, 1.807) is 42.6 Å². The highest BCUT2D eigenvalue weighted by Crippen LogP contribution is 2.13. The first-order chi connectivity index (χ1) is 12.0. The van der Waals surface area contributed by atoms with Gasteiger partial charge in [-0.15, -0.1) is 0 Å². The van der Waals surface area contributed by atoms with Crippen LogP contribution in [0.4, 0.5) is 5.82 Å². The van der Waals surface area contributed by atoms with E-state index >= 15 is 0 Å². The number of benzene rings is 1. The maximum Gasteiger partial charge on any atom is 0.251 e. The van der Waals surface area contributed by atoms with Crippen molar-refractivity contribution in [3.05, 3.63) is 59.8 Å². The summed E-state index contributed by atoms with van der Waals surface area (Å²) in [5, 5.41) is 14.7. The lowest BCUT2D eigenvalue weighted by atomic mass is 10.2. The Balaban J connectivity index is 1.98. The van der Waals surface area contributed by atoms with Gasteiger partial charge in [-0.2, -0.15) is 0 Å². The number of nitrogens with one attached hydrogen (secondary N) is 2. The third-order valence-corrected chi connectivity index (χ3v) is 3.58. The SMILES string of the molecule is CN(C)c1ncccc1CNC(=O)C(CO)NC(=O)c1ccccc1. The van der Waals surface area contributed by atoms with Crippen molar-refractivity contribution >= 4 is 17.6 Å². The van der Waals surface area contributed by atoms with E-state index in [0.717, 1.165) is 11.4 Å². The standard InChI is InChI=1S/C18H22N4O3/c1-22(2)16-14(9-6-10-19-16)11-20-18(25)15(12-23)21-17(24)13-7-4-3-5-8-13/h3-10,15,23H,11-12H2,1-2H3,(H,20,25)(H,21,24). The number of amides is 2. The molecule has 1 unspecified atom stereocenters. The zero-order valence-corrected chi connectivity index (χ0v) is 14.3. The molecule has 7 heteroatoms. The van der Waals surface area contributed by atoms with Crippen LogP contribution in [0.15, 0.2) is 48.7 Å². The lowest BCUT2D eigenvalue weighted by Gasteiger charge is -2.19. The third-order valence-electron chi connectivity index (χ3n) is 3.58. The van der Waals surface area contributed by atoms with Crippen molar-refractivity contribution in [2.75, 3.05) is 25.6 Å². The Hall–Kier alpha value is -2.93. The number of carbonyl (C=O) groups is 2. The van der Waals surface area contributed by atoms with E-state index in [0.29, 0.717) is 5.56 Å². The van der Waals surface area contributed by atoms with Crippen molar-refractivity contribution in [3.63, 3.8) is 0 Å². The second-order valence-corrected chi connectivity index (χ2v) is 5.67. The van der Waals surface area contributed by atoms with Gasteiger partial charge < -0.3 is 20.6 Å². The van der Waals surface area contributed by atoms with Gasteiger partial charge in [0.1, 0.15) is 11.9 Å². The second-order valence-electron chi connectivity index (χ2n) is 5.67. The minimum Gasteiger partial charge on any atom is -0.394 e. The van der Waals surface area contributed by atoms with Gasteiger partial charge in [-0.25, -0.2) is 4.98 Å². The van der Waals surface area contributed by atoms with Gasteiger partial charge in [0.05, 0.1) is 6.61 Å². The first-order valence-electron chi connectivity index (χ1n) is 7.88. The third kappa shape index (κ3) is 5.02. The van der Waals surface area contributed by atoms with Crippen LogP contribution in [0, 0.1) is 0 Å². The summed E-state index contributed by atoms with van der Waals surface area (Å²) in [4.78, 5) is 30.5. The van der Waals surface area contributed by atoms with E-state index in [1.165, 1.54) is 0 Å². The van der Waals surface area contributed by atoms with Crippen LogP contribution >= 0.6 is 0 Å². The van der Waals surface area contributed by atoms with Crippen LogP contribution in [-0.4, -0.2) is 48.6 Å². The molecule has 0 aliphatic carbocycles. The first-order valence-corrected chi connectivity index (χ1v) is 7.88. The molecule has 0 radical (unpaired) electrons. The molecule has 0 spiro atoms. The molecule has 3 N–H and O–H groups in total. The topological polar surface area (TPSA) is 94.6 Å². The second kappa shape index (κ2) is 8.79. The number of hydrogen-bond acceptors (Lipinski definition) is 5. The molecule has 0 saturated heterocycles. The molecular formula is C18H22N4O3. The van der Waals surface area contributed by atoms with Crippen molar-refractivity contribution in [1.82, 2.24) is 15.6 Å². The maximum atomic E-state index is 12.3. The van der Waals surface area contributed by atoms with Crippen LogP contribution in [0.1, 0.15) is 15.9 Å². The zero-order valence-electron chi connectivity index (χ0n) is 14.3. The Morgan fingerprint density at radius 3 is 2.52 bits per heavy atom. The van der Waals surface area contributed by atoms with Gasteiger partial charge in [0.15, 0.2) is 0 Å². The molecule has 1 atom stereocenters. The van der Waals surface area contributed by atoms with Crippen LogP contribution in [0.5, 0.6) is 0 Å². The van der Waals surface area contributed by atoms with Gasteiger partial charge in [-0.05, 0) is 18.2 Å². The molecule has 1 aromatic heterocycles. The zero-order chi connectivity index (χ0) is 18.2. The maximum absolute atomic E-state index is 12.3. The predicted octanol–water partition coefficient (Wildman–Crippen LogP) is 0.555. The van der Waals surface area contributed by atoms with Crippen LogP contribution in [-0.2, 0) is 11.3 Å². The smallest absolute Gasteiger partial charge is 0.251 e. The number of aliphatic hydroxyl groups excluding tert-OH is 1. The molecule has 0 aliphatic heterocycles. The number of rotatable bonds is 7. The Morgan fingerprint density at radius 2 is 1.88 bits per heavy atom. The molecule has 7 nitrogen and oxygen atoms in total. The van der Waals surface area contributed by atoms with E-state index in [2.05, 4.69) is 15.6 Å². The summed E-state index contributed by atoms with van der Waals surface area (Å²) in [5.41, 5.74) is 1.27. The normalized spacial score (nSPS) is 11.5. The Morgan fingerprint density at radius 1 is 1.16 bits per heavy atom. The number of aromatic nitrogens is 1. The monoisotopic (exact) mass is 342 g/mol. The fraction of sp³-hybridized carbons (Fsp3) is 0.278. The van der Waals surface area contributed by atoms with Gasteiger partial charge in [0.25, 0.3) is 5.91 Å². The summed E-state index contributed by atoms with van der Waals surface area (Å²) in [7, 11) is 3.73. The van der Waals surface area contributed by atoms with Gasteiger partial charge >= 0.3 is 0 Å². The van der Waals surface area contributed by atoms with Gasteiger partial charge in [-0.1, -0.05) is 24.3 Å². The molecule has 132 valence electrons. The molecule has 2 amide bonds. The summed E-state index contributed by atoms with van der Waals surface area (Å²) in [6.45, 7) is -0.240. The molecule has 2 rings (SSSR count). The van der Waals surface area contributed by atoms with Gasteiger partial charge in [-0.3, -0.25) is 9.59 Å². The van der Waals surface area contributed by atoms with E-state index in [-0.39, 0.29) is 6.54 Å². The van der Waals surface area contributed by atoms with Crippen LogP contribution in [0.2, 0.25) is 0 Å². The Kier molecular flexibility index (Phi) is 6.47. The highest BCUT2D eigenvalue weighted by molar-refractivity contribution is 5.97. The van der Waals surface area contributed by atoms with Crippen LogP contribution in [0.25, 0.3) is 0 Å². The van der Waals surface area contributed by atoms with Crippen molar-refractivity contribution in [2.24, 2.45) is 0 Å². The minimum absolute atomic E-state index is 0.248. The van der Waals surface area contributed by atoms with E-state index in [1.807, 2.05) is 25.1 Å². The number of carbonyl (C=O) groups excluding carboxylic acids is 2. The molecule has 0 fully saturated rings. The number of aliphatic hydroxyl groups is 1. The Bertz CT molecular complexity index is 719. The quantitative estimate of drug-likeness (QED) is 0.683. The van der Waals surface area contributed by atoms with Crippen LogP contribution < -0.4 is 15.5 Å². The number of anilines is 1. The molecule has 0 bridgehead atoms. The molecular weight excluding hydrogens is 320 g/mol. The first kappa shape index (κ1) is 18.4. The number of hydrogen-bond donors (Lipinski definition) is 3. The predicted molar refractivity (Wildman–Crippen MR) is 95.2 cm³/mol. The summed E-state index contributed by atoms with van der Waals surface area (Å²) < 4.78 is 0. The molecule has 25 heavy (non-hydrogen) atoms. The summed E-state index contributed by atoms with van der Waals surface area (Å²) in [6, 6.07) is 11.2. The van der Waals surface area contributed by atoms with E-state index < -0.39 is 24.5 Å². The summed E-state index contributed by atoms with van der Waals surface area (Å²) in [5.74, 6) is -0.123. The van der Waals surface area contributed by atoms with E-state index in [4.69, 9.17) is 0 Å². The lowest BCUT2D eigenvalue weighted by Crippen LogP contribution is -2.48. The van der Waals surface area contributed by atoms with Crippen LogP contribution in [0.3, 0.4) is 0 Å².